The quantitative estimate of drug-likeness (QED) is 0.275. The molecule has 9 unspecified atom stereocenters. The van der Waals surface area contributed by atoms with Gasteiger partial charge in [0.15, 0.2) is 0 Å². The van der Waals surface area contributed by atoms with Crippen molar-refractivity contribution >= 4 is 0 Å². The highest BCUT2D eigenvalue weighted by Crippen LogP contribution is 2.69. The van der Waals surface area contributed by atoms with Crippen molar-refractivity contribution < 1.29 is 0 Å². The average molecular weight is 597 g/mol. The third-order valence-corrected chi connectivity index (χ3v) is 13.1. The molecule has 0 spiro atoms. The zero-order valence-electron chi connectivity index (χ0n) is 28.7. The van der Waals surface area contributed by atoms with Crippen LogP contribution in [0.1, 0.15) is 108 Å². The molecule has 4 aliphatic carbocycles. The highest BCUT2D eigenvalue weighted by Gasteiger charge is 2.60. The highest BCUT2D eigenvalue weighted by atomic mass is 14.6. The Kier molecular flexibility index (Phi) is 8.25. The molecule has 4 aliphatic rings. The van der Waals surface area contributed by atoms with Gasteiger partial charge in [0.1, 0.15) is 0 Å². The Morgan fingerprint density at radius 3 is 1.38 bits per heavy atom. The number of rotatable bonds is 5. The molecule has 45 heavy (non-hydrogen) atoms. The van der Waals surface area contributed by atoms with Crippen molar-refractivity contribution in [2.24, 2.45) is 52.3 Å². The van der Waals surface area contributed by atoms with Gasteiger partial charge in [-0.1, -0.05) is 151 Å². The summed E-state index contributed by atoms with van der Waals surface area (Å²) in [7, 11) is 0. The van der Waals surface area contributed by atoms with Crippen LogP contribution in [0.4, 0.5) is 0 Å². The topological polar surface area (TPSA) is 0 Å². The zero-order chi connectivity index (χ0) is 31.3. The Morgan fingerprint density at radius 1 is 0.533 bits per heavy atom. The van der Waals surface area contributed by atoms with Crippen molar-refractivity contribution in [3.8, 4) is 0 Å². The molecule has 0 heteroatoms. The number of allylic oxidation sites excluding steroid dienone is 4. The first kappa shape index (κ1) is 30.8. The van der Waals surface area contributed by atoms with Crippen LogP contribution in [0.3, 0.4) is 0 Å². The van der Waals surface area contributed by atoms with E-state index in [4.69, 9.17) is 0 Å². The minimum Gasteiger partial charge on any atom is -0.0804 e. The largest absolute Gasteiger partial charge is 0.0804 e. The fraction of sp³-hybridized carbons (Fsp3) is 0.511. The van der Waals surface area contributed by atoms with E-state index in [0.717, 1.165) is 30.1 Å². The van der Waals surface area contributed by atoms with Gasteiger partial charge < -0.3 is 0 Å². The summed E-state index contributed by atoms with van der Waals surface area (Å²) in [5.41, 5.74) is 6.88. The van der Waals surface area contributed by atoms with Gasteiger partial charge in [-0.25, -0.2) is 0 Å². The molecule has 0 heterocycles. The maximum atomic E-state index is 2.56. The zero-order valence-corrected chi connectivity index (χ0v) is 28.7. The molecular weight excluding hydrogens is 540 g/mol. The first-order chi connectivity index (χ1) is 21.6. The molecule has 0 aliphatic heterocycles. The fourth-order valence-electron chi connectivity index (χ4n) is 11.3. The third kappa shape index (κ3) is 5.81. The molecule has 7 rings (SSSR count). The molecular formula is C45H56. The van der Waals surface area contributed by atoms with Gasteiger partial charge in [-0.05, 0) is 118 Å². The Hall–Kier alpha value is -2.86. The Morgan fingerprint density at radius 2 is 0.978 bits per heavy atom. The van der Waals surface area contributed by atoms with Crippen LogP contribution < -0.4 is 0 Å². The molecule has 3 aromatic carbocycles. The molecule has 0 radical (unpaired) electrons. The van der Waals surface area contributed by atoms with Gasteiger partial charge >= 0.3 is 0 Å². The fourth-order valence-corrected chi connectivity index (χ4v) is 11.3. The third-order valence-electron chi connectivity index (χ3n) is 13.1. The summed E-state index contributed by atoms with van der Waals surface area (Å²) in [6.07, 6.45) is 14.0. The van der Waals surface area contributed by atoms with Crippen LogP contribution in [0.25, 0.3) is 0 Å². The van der Waals surface area contributed by atoms with Gasteiger partial charge in [0.2, 0.25) is 0 Å². The van der Waals surface area contributed by atoms with Crippen molar-refractivity contribution in [1.29, 1.82) is 0 Å². The minimum atomic E-state index is 0.291. The van der Waals surface area contributed by atoms with Gasteiger partial charge in [0.05, 0.1) is 0 Å². The number of benzene rings is 3. The molecule has 3 saturated carbocycles. The van der Waals surface area contributed by atoms with Crippen LogP contribution in [-0.2, 0) is 0 Å². The lowest BCUT2D eigenvalue weighted by atomic mass is 9.55. The van der Waals surface area contributed by atoms with Crippen LogP contribution in [0.15, 0.2) is 115 Å². The van der Waals surface area contributed by atoms with Gasteiger partial charge in [-0.2, -0.15) is 0 Å². The second-order valence-electron chi connectivity index (χ2n) is 17.4. The molecule has 3 aromatic rings. The normalized spacial score (nSPS) is 33.7. The monoisotopic (exact) mass is 596 g/mol. The summed E-state index contributed by atoms with van der Waals surface area (Å²) >= 11 is 0. The van der Waals surface area contributed by atoms with E-state index in [1.165, 1.54) is 25.7 Å². The molecule has 0 aromatic heterocycles. The Balaban J connectivity index is 1.38. The summed E-state index contributed by atoms with van der Waals surface area (Å²) in [6.45, 7) is 15.2. The molecule has 3 fully saturated rings. The summed E-state index contributed by atoms with van der Waals surface area (Å²) < 4.78 is 0. The SMILES string of the molecule is CC(C)(C)C1CC2C3CC(C(C)(C)C)C(c4ccccc4)CC3C(C(C3=CCC=C3)c3ccccc3)C2CC1c1ccccc1. The van der Waals surface area contributed by atoms with E-state index >= 15 is 0 Å². The van der Waals surface area contributed by atoms with Gasteiger partial charge in [-0.3, -0.25) is 0 Å². The highest BCUT2D eigenvalue weighted by molar-refractivity contribution is 5.41. The summed E-state index contributed by atoms with van der Waals surface area (Å²) in [6, 6.07) is 35.0. The molecule has 0 saturated heterocycles. The van der Waals surface area contributed by atoms with E-state index in [0.29, 0.717) is 46.3 Å². The Labute approximate surface area is 274 Å². The molecule has 0 N–H and O–H groups in total. The van der Waals surface area contributed by atoms with E-state index in [2.05, 4.69) is 151 Å². The lowest BCUT2D eigenvalue weighted by Crippen LogP contribution is -2.40. The average Bonchev–Trinajstić information content (AvgIpc) is 3.67. The van der Waals surface area contributed by atoms with Crippen molar-refractivity contribution in [3.05, 3.63) is 131 Å². The minimum absolute atomic E-state index is 0.291. The van der Waals surface area contributed by atoms with Crippen LogP contribution >= 0.6 is 0 Å². The number of fused-ring (bicyclic) bond motifs is 3. The number of hydrogen-bond donors (Lipinski definition) is 0. The summed E-state index contributed by atoms with van der Waals surface area (Å²) in [4.78, 5) is 0. The molecule has 236 valence electrons. The molecule has 0 amide bonds. The summed E-state index contributed by atoms with van der Waals surface area (Å²) in [5.74, 6) is 6.95. The predicted octanol–water partition coefficient (Wildman–Crippen LogP) is 12.2. The van der Waals surface area contributed by atoms with E-state index in [1.807, 2.05) is 0 Å². The smallest absolute Gasteiger partial charge is 0.0120 e. The molecule has 9 atom stereocenters. The van der Waals surface area contributed by atoms with Crippen LogP contribution in [-0.4, -0.2) is 0 Å². The van der Waals surface area contributed by atoms with Gasteiger partial charge in [-0.15, -0.1) is 0 Å². The van der Waals surface area contributed by atoms with Crippen LogP contribution in [0, 0.1) is 52.3 Å². The van der Waals surface area contributed by atoms with Gasteiger partial charge in [0.25, 0.3) is 0 Å². The number of hydrogen-bond acceptors (Lipinski definition) is 0. The van der Waals surface area contributed by atoms with Crippen molar-refractivity contribution in [3.63, 3.8) is 0 Å². The maximum Gasteiger partial charge on any atom is 0.0120 e. The predicted molar refractivity (Wildman–Crippen MR) is 191 cm³/mol. The van der Waals surface area contributed by atoms with E-state index in [9.17, 15) is 0 Å². The second kappa shape index (κ2) is 12.1. The lowest BCUT2D eigenvalue weighted by molar-refractivity contribution is 0.0336. The van der Waals surface area contributed by atoms with E-state index in [-0.39, 0.29) is 0 Å². The summed E-state index contributed by atoms with van der Waals surface area (Å²) in [5, 5.41) is 0. The Bertz CT molecular complexity index is 1400. The van der Waals surface area contributed by atoms with Crippen molar-refractivity contribution in [1.82, 2.24) is 0 Å². The maximum absolute atomic E-state index is 2.56. The van der Waals surface area contributed by atoms with Crippen LogP contribution in [0.2, 0.25) is 0 Å². The lowest BCUT2D eigenvalue weighted by Gasteiger charge is -2.49. The van der Waals surface area contributed by atoms with Gasteiger partial charge in [0, 0.05) is 5.92 Å². The molecule has 0 bridgehead atoms. The van der Waals surface area contributed by atoms with Crippen molar-refractivity contribution in [2.45, 2.75) is 91.4 Å². The molecule has 0 nitrogen and oxygen atoms in total. The second-order valence-corrected chi connectivity index (χ2v) is 17.4. The van der Waals surface area contributed by atoms with Crippen molar-refractivity contribution in [2.75, 3.05) is 0 Å². The van der Waals surface area contributed by atoms with E-state index in [1.54, 1.807) is 22.3 Å². The first-order valence-electron chi connectivity index (χ1n) is 18.1. The van der Waals surface area contributed by atoms with E-state index < -0.39 is 0 Å². The van der Waals surface area contributed by atoms with Crippen LogP contribution in [0.5, 0.6) is 0 Å². The first-order valence-corrected chi connectivity index (χ1v) is 18.1. The standard InChI is InChI=1S/C45H56/c1-44(2,3)40-28-36-37-29-41(45(4,5)6)35(31-20-12-8-13-21-31)27-39(37)43(38(36)26-34(40)30-18-10-7-11-19-30)42(33-24-16-17-25-33)32-22-14-9-15-23-32/h7-16,18-25,34-43H,17,26-29H2,1-6H3.